The van der Waals surface area contributed by atoms with Crippen molar-refractivity contribution in [2.75, 3.05) is 12.0 Å². The molecule has 1 aliphatic heterocycles. The molecule has 1 fully saturated rings. The number of hydrogen-bond donors (Lipinski definition) is 0. The van der Waals surface area contributed by atoms with Gasteiger partial charge in [0.25, 0.3) is 11.8 Å². The first-order valence-electron chi connectivity index (χ1n) is 9.99. The van der Waals surface area contributed by atoms with Crippen LogP contribution < -0.4 is 9.64 Å². The molecule has 0 saturated carbocycles. The molecule has 3 amide bonds. The van der Waals surface area contributed by atoms with Crippen molar-refractivity contribution in [3.8, 4) is 5.75 Å². The predicted molar refractivity (Wildman–Crippen MR) is 117 cm³/mol. The van der Waals surface area contributed by atoms with Crippen LogP contribution in [0.15, 0.2) is 84.9 Å². The minimum absolute atomic E-state index is 0.0593. The third kappa shape index (κ3) is 4.19. The molecule has 0 spiro atoms. The molecule has 6 heteroatoms. The molecule has 156 valence electrons. The summed E-state index contributed by atoms with van der Waals surface area (Å²) < 4.78 is 5.24. The largest absolute Gasteiger partial charge is 0.497 e. The Bertz CT molecular complexity index is 1100. The van der Waals surface area contributed by atoms with E-state index in [1.807, 2.05) is 36.4 Å². The van der Waals surface area contributed by atoms with Crippen molar-refractivity contribution in [2.24, 2.45) is 0 Å². The van der Waals surface area contributed by atoms with Crippen LogP contribution in [-0.4, -0.2) is 35.8 Å². The van der Waals surface area contributed by atoms with E-state index in [2.05, 4.69) is 0 Å². The topological polar surface area (TPSA) is 66.9 Å². The summed E-state index contributed by atoms with van der Waals surface area (Å²) in [4.78, 5) is 42.2. The highest BCUT2D eigenvalue weighted by Crippen LogP contribution is 2.28. The van der Waals surface area contributed by atoms with Gasteiger partial charge in [-0.05, 0) is 35.9 Å². The van der Waals surface area contributed by atoms with Crippen molar-refractivity contribution in [2.45, 2.75) is 19.0 Å². The Hall–Kier alpha value is -3.93. The van der Waals surface area contributed by atoms with Crippen LogP contribution in [0.5, 0.6) is 5.75 Å². The second-order valence-electron chi connectivity index (χ2n) is 7.27. The number of carbonyl (C=O) groups is 3. The zero-order valence-electron chi connectivity index (χ0n) is 17.1. The van der Waals surface area contributed by atoms with Gasteiger partial charge < -0.3 is 9.64 Å². The van der Waals surface area contributed by atoms with Crippen molar-refractivity contribution in [3.63, 3.8) is 0 Å². The smallest absolute Gasteiger partial charge is 0.257 e. The SMILES string of the molecule is COc1cccc(C(=O)N(Cc2ccccc2)C2CC(=O)N(c3ccccc3)C2=O)c1. The maximum Gasteiger partial charge on any atom is 0.257 e. The van der Waals surface area contributed by atoms with Crippen LogP contribution in [0.4, 0.5) is 5.69 Å². The highest BCUT2D eigenvalue weighted by atomic mass is 16.5. The Morgan fingerprint density at radius 1 is 0.968 bits per heavy atom. The molecule has 0 aromatic heterocycles. The zero-order chi connectivity index (χ0) is 21.8. The van der Waals surface area contributed by atoms with Gasteiger partial charge in [-0.1, -0.05) is 54.6 Å². The summed E-state index contributed by atoms with van der Waals surface area (Å²) in [6, 6.07) is 24.1. The van der Waals surface area contributed by atoms with Crippen LogP contribution in [0.1, 0.15) is 22.3 Å². The Morgan fingerprint density at radius 2 is 1.65 bits per heavy atom. The van der Waals surface area contributed by atoms with Crippen LogP contribution in [0.3, 0.4) is 0 Å². The maximum absolute atomic E-state index is 13.5. The van der Waals surface area contributed by atoms with E-state index in [0.29, 0.717) is 17.0 Å². The van der Waals surface area contributed by atoms with Gasteiger partial charge in [-0.3, -0.25) is 14.4 Å². The van der Waals surface area contributed by atoms with Gasteiger partial charge in [-0.2, -0.15) is 0 Å². The van der Waals surface area contributed by atoms with Crippen molar-refractivity contribution < 1.29 is 19.1 Å². The lowest BCUT2D eigenvalue weighted by Gasteiger charge is -2.28. The minimum atomic E-state index is -0.883. The van der Waals surface area contributed by atoms with Gasteiger partial charge in [-0.25, -0.2) is 4.90 Å². The summed E-state index contributed by atoms with van der Waals surface area (Å²) >= 11 is 0. The number of nitrogens with zero attached hydrogens (tertiary/aromatic N) is 2. The van der Waals surface area contributed by atoms with E-state index in [1.54, 1.807) is 48.5 Å². The van der Waals surface area contributed by atoms with Crippen molar-refractivity contribution in [1.82, 2.24) is 4.90 Å². The molecule has 1 atom stereocenters. The van der Waals surface area contributed by atoms with Gasteiger partial charge in [0.1, 0.15) is 11.8 Å². The number of imide groups is 1. The molecule has 4 rings (SSSR count). The molecule has 1 heterocycles. The van der Waals surface area contributed by atoms with Crippen LogP contribution in [0.2, 0.25) is 0 Å². The summed E-state index contributed by atoms with van der Waals surface area (Å²) in [6.45, 7) is 0.212. The van der Waals surface area contributed by atoms with Gasteiger partial charge in [0.2, 0.25) is 5.91 Å². The van der Waals surface area contributed by atoms with Crippen LogP contribution >= 0.6 is 0 Å². The second-order valence-corrected chi connectivity index (χ2v) is 7.27. The van der Waals surface area contributed by atoms with E-state index >= 15 is 0 Å². The molecule has 31 heavy (non-hydrogen) atoms. The summed E-state index contributed by atoms with van der Waals surface area (Å²) in [5.74, 6) is -0.504. The summed E-state index contributed by atoms with van der Waals surface area (Å²) in [5.41, 5.74) is 1.78. The van der Waals surface area contributed by atoms with Crippen molar-refractivity contribution in [1.29, 1.82) is 0 Å². The second kappa shape index (κ2) is 8.83. The molecular weight excluding hydrogens is 392 g/mol. The highest BCUT2D eigenvalue weighted by Gasteiger charge is 2.44. The summed E-state index contributed by atoms with van der Waals surface area (Å²) in [6.07, 6.45) is -0.0593. The molecular formula is C25H22N2O4. The molecule has 0 bridgehead atoms. The fraction of sp³-hybridized carbons (Fsp3) is 0.160. The Balaban J connectivity index is 1.69. The highest BCUT2D eigenvalue weighted by molar-refractivity contribution is 6.23. The van der Waals surface area contributed by atoms with Crippen molar-refractivity contribution in [3.05, 3.63) is 96.1 Å². The van der Waals surface area contributed by atoms with Gasteiger partial charge in [-0.15, -0.1) is 0 Å². The summed E-state index contributed by atoms with van der Waals surface area (Å²) in [7, 11) is 1.53. The number of amides is 3. The maximum atomic E-state index is 13.5. The Kier molecular flexibility index (Phi) is 5.80. The number of para-hydroxylation sites is 1. The monoisotopic (exact) mass is 414 g/mol. The Labute approximate surface area is 180 Å². The number of hydrogen-bond acceptors (Lipinski definition) is 4. The lowest BCUT2D eigenvalue weighted by molar-refractivity contribution is -0.122. The van der Waals surface area contributed by atoms with E-state index in [9.17, 15) is 14.4 Å². The lowest BCUT2D eigenvalue weighted by Crippen LogP contribution is -2.45. The van der Waals surface area contributed by atoms with Gasteiger partial charge in [0.05, 0.1) is 19.2 Å². The average molecular weight is 414 g/mol. The van der Waals surface area contributed by atoms with Gasteiger partial charge in [0, 0.05) is 12.1 Å². The molecule has 3 aromatic carbocycles. The van der Waals surface area contributed by atoms with E-state index in [1.165, 1.54) is 16.9 Å². The molecule has 0 aliphatic carbocycles. The third-order valence-corrected chi connectivity index (χ3v) is 5.29. The molecule has 1 unspecified atom stereocenters. The van der Waals surface area contributed by atoms with Gasteiger partial charge in [0.15, 0.2) is 0 Å². The van der Waals surface area contributed by atoms with Crippen LogP contribution in [0.25, 0.3) is 0 Å². The predicted octanol–water partition coefficient (Wildman–Crippen LogP) is 3.67. The minimum Gasteiger partial charge on any atom is -0.497 e. The van der Waals surface area contributed by atoms with E-state index < -0.39 is 11.9 Å². The normalized spacial score (nSPS) is 15.8. The third-order valence-electron chi connectivity index (χ3n) is 5.29. The molecule has 3 aromatic rings. The number of methoxy groups -OCH3 is 1. The molecule has 1 saturated heterocycles. The molecule has 0 radical (unpaired) electrons. The quantitative estimate of drug-likeness (QED) is 0.577. The number of carbonyl (C=O) groups excluding carboxylic acids is 3. The lowest BCUT2D eigenvalue weighted by atomic mass is 10.1. The first-order valence-corrected chi connectivity index (χ1v) is 9.99. The fourth-order valence-corrected chi connectivity index (χ4v) is 3.73. The van der Waals surface area contributed by atoms with E-state index in [0.717, 1.165) is 5.56 Å². The fourth-order valence-electron chi connectivity index (χ4n) is 3.73. The molecule has 1 aliphatic rings. The molecule has 6 nitrogen and oxygen atoms in total. The van der Waals surface area contributed by atoms with Crippen molar-refractivity contribution >= 4 is 23.4 Å². The first-order chi connectivity index (χ1) is 15.1. The summed E-state index contributed by atoms with van der Waals surface area (Å²) in [5, 5.41) is 0. The number of benzene rings is 3. The number of rotatable bonds is 6. The van der Waals surface area contributed by atoms with E-state index in [4.69, 9.17) is 4.74 Å². The standard InChI is InChI=1S/C25H22N2O4/c1-31-21-14-8-11-19(15-21)24(29)26(17-18-9-4-2-5-10-18)22-16-23(28)27(25(22)30)20-12-6-3-7-13-20/h2-15,22H,16-17H2,1H3. The van der Waals surface area contributed by atoms with Crippen LogP contribution in [0, 0.1) is 0 Å². The van der Waals surface area contributed by atoms with Crippen LogP contribution in [-0.2, 0) is 16.1 Å². The zero-order valence-corrected chi connectivity index (χ0v) is 17.1. The number of ether oxygens (including phenoxy) is 1. The molecule has 0 N–H and O–H groups in total. The number of anilines is 1. The Morgan fingerprint density at radius 3 is 2.32 bits per heavy atom. The van der Waals surface area contributed by atoms with Gasteiger partial charge >= 0.3 is 0 Å². The first kappa shape index (κ1) is 20.3. The van der Waals surface area contributed by atoms with E-state index in [-0.39, 0.29) is 24.8 Å². The average Bonchev–Trinajstić information content (AvgIpc) is 3.11.